The lowest BCUT2D eigenvalue weighted by Gasteiger charge is -2.34. The predicted molar refractivity (Wildman–Crippen MR) is 209 cm³/mol. The third-order valence-electron chi connectivity index (χ3n) is 10.8. The second-order valence-electron chi connectivity index (χ2n) is 13.7. The molecular weight excluding hydrogens is 603 g/mol. The van der Waals surface area contributed by atoms with Crippen LogP contribution in [0.2, 0.25) is 0 Å². The highest BCUT2D eigenvalue weighted by Crippen LogP contribution is 2.56. The SMILES string of the molecule is C1=CCC(c2cc(-c3ccccc3)cc(C3C=CC(Nc4ccc(C5(c6ccccc6)c6ccccc6-c6ccccc65)cc4)=CC3)c2)C=C1. The molecule has 9 rings (SSSR count). The number of nitrogens with one attached hydrogen (secondary N) is 1. The van der Waals surface area contributed by atoms with Crippen LogP contribution in [-0.2, 0) is 5.41 Å². The molecule has 240 valence electrons. The van der Waals surface area contributed by atoms with Crippen LogP contribution < -0.4 is 5.32 Å². The highest BCUT2D eigenvalue weighted by atomic mass is 14.9. The molecule has 0 fully saturated rings. The van der Waals surface area contributed by atoms with Gasteiger partial charge in [0.2, 0.25) is 0 Å². The van der Waals surface area contributed by atoms with Crippen molar-refractivity contribution in [1.29, 1.82) is 0 Å². The van der Waals surface area contributed by atoms with Gasteiger partial charge in [0.25, 0.3) is 0 Å². The van der Waals surface area contributed by atoms with E-state index in [-0.39, 0.29) is 5.41 Å². The predicted octanol–water partition coefficient (Wildman–Crippen LogP) is 12.4. The van der Waals surface area contributed by atoms with Gasteiger partial charge in [0.05, 0.1) is 5.41 Å². The quantitative estimate of drug-likeness (QED) is 0.183. The third kappa shape index (κ3) is 5.27. The molecule has 0 saturated heterocycles. The molecule has 6 aromatic carbocycles. The zero-order chi connectivity index (χ0) is 33.3. The van der Waals surface area contributed by atoms with Gasteiger partial charge in [0, 0.05) is 23.2 Å². The van der Waals surface area contributed by atoms with E-state index in [2.05, 4.69) is 200 Å². The van der Waals surface area contributed by atoms with Crippen LogP contribution in [0.25, 0.3) is 22.3 Å². The van der Waals surface area contributed by atoms with E-state index in [1.807, 2.05) is 0 Å². The lowest BCUT2D eigenvalue weighted by Crippen LogP contribution is -2.28. The smallest absolute Gasteiger partial charge is 0.0713 e. The number of benzene rings is 6. The van der Waals surface area contributed by atoms with Crippen molar-refractivity contribution in [3.63, 3.8) is 0 Å². The van der Waals surface area contributed by atoms with E-state index in [0.29, 0.717) is 11.8 Å². The summed E-state index contributed by atoms with van der Waals surface area (Å²) in [7, 11) is 0. The molecule has 3 aliphatic rings. The van der Waals surface area contributed by atoms with Crippen LogP contribution >= 0.6 is 0 Å². The number of hydrogen-bond donors (Lipinski definition) is 1. The number of allylic oxidation sites excluding steroid dienone is 7. The molecule has 0 spiro atoms. The largest absolute Gasteiger partial charge is 0.356 e. The number of rotatable bonds is 7. The van der Waals surface area contributed by atoms with Crippen LogP contribution in [0.5, 0.6) is 0 Å². The Morgan fingerprint density at radius 1 is 0.500 bits per heavy atom. The normalized spacial score (nSPS) is 18.3. The fourth-order valence-corrected chi connectivity index (χ4v) is 8.37. The van der Waals surface area contributed by atoms with Gasteiger partial charge in [-0.1, -0.05) is 176 Å². The van der Waals surface area contributed by atoms with Gasteiger partial charge in [-0.15, -0.1) is 0 Å². The summed E-state index contributed by atoms with van der Waals surface area (Å²) in [6.45, 7) is 0. The van der Waals surface area contributed by atoms with Crippen molar-refractivity contribution < 1.29 is 0 Å². The van der Waals surface area contributed by atoms with Gasteiger partial charge in [-0.2, -0.15) is 0 Å². The van der Waals surface area contributed by atoms with Crippen molar-refractivity contribution in [3.05, 3.63) is 233 Å². The average molecular weight is 642 g/mol. The van der Waals surface area contributed by atoms with Gasteiger partial charge in [-0.25, -0.2) is 0 Å². The maximum Gasteiger partial charge on any atom is 0.0713 e. The fraction of sp³-hybridized carbons (Fsp3) is 0.102. The Morgan fingerprint density at radius 3 is 1.72 bits per heavy atom. The fourth-order valence-electron chi connectivity index (χ4n) is 8.37. The zero-order valence-electron chi connectivity index (χ0n) is 28.0. The van der Waals surface area contributed by atoms with Crippen molar-refractivity contribution in [1.82, 2.24) is 0 Å². The molecule has 3 aliphatic carbocycles. The Bertz CT molecular complexity index is 2240. The summed E-state index contributed by atoms with van der Waals surface area (Å²) in [5.74, 6) is 0.750. The van der Waals surface area contributed by atoms with E-state index in [4.69, 9.17) is 0 Å². The van der Waals surface area contributed by atoms with E-state index < -0.39 is 0 Å². The Labute approximate surface area is 295 Å². The van der Waals surface area contributed by atoms with Crippen LogP contribution in [0.1, 0.15) is 58.1 Å². The average Bonchev–Trinajstić information content (AvgIpc) is 3.50. The van der Waals surface area contributed by atoms with E-state index in [9.17, 15) is 0 Å². The third-order valence-corrected chi connectivity index (χ3v) is 10.8. The molecule has 0 amide bonds. The molecule has 0 radical (unpaired) electrons. The molecule has 2 unspecified atom stereocenters. The van der Waals surface area contributed by atoms with E-state index in [0.717, 1.165) is 24.2 Å². The molecule has 0 bridgehead atoms. The van der Waals surface area contributed by atoms with Gasteiger partial charge >= 0.3 is 0 Å². The first kappa shape index (κ1) is 30.2. The molecule has 0 aromatic heterocycles. The van der Waals surface area contributed by atoms with Gasteiger partial charge in [0.15, 0.2) is 0 Å². The Balaban J connectivity index is 0.997. The molecule has 1 nitrogen and oxygen atoms in total. The Morgan fingerprint density at radius 2 is 1.10 bits per heavy atom. The first-order chi connectivity index (χ1) is 24.8. The molecule has 50 heavy (non-hydrogen) atoms. The molecular formula is C49H39N. The van der Waals surface area contributed by atoms with Crippen LogP contribution in [0, 0.1) is 0 Å². The molecule has 0 heterocycles. The van der Waals surface area contributed by atoms with Crippen molar-refractivity contribution in [3.8, 4) is 22.3 Å². The van der Waals surface area contributed by atoms with Crippen LogP contribution in [0.4, 0.5) is 5.69 Å². The second-order valence-corrected chi connectivity index (χ2v) is 13.7. The lowest BCUT2D eigenvalue weighted by atomic mass is 9.68. The summed E-state index contributed by atoms with van der Waals surface area (Å²) >= 11 is 0. The lowest BCUT2D eigenvalue weighted by molar-refractivity contribution is 0.768. The highest BCUT2D eigenvalue weighted by Gasteiger charge is 2.45. The zero-order valence-corrected chi connectivity index (χ0v) is 28.0. The summed E-state index contributed by atoms with van der Waals surface area (Å²) in [6, 6.07) is 55.9. The summed E-state index contributed by atoms with van der Waals surface area (Å²) in [5, 5.41) is 3.72. The molecule has 0 aliphatic heterocycles. The van der Waals surface area contributed by atoms with Crippen LogP contribution in [0.15, 0.2) is 200 Å². The summed E-state index contributed by atoms with van der Waals surface area (Å²) < 4.78 is 0. The summed E-state index contributed by atoms with van der Waals surface area (Å²) in [4.78, 5) is 0. The first-order valence-corrected chi connectivity index (χ1v) is 17.8. The number of hydrogen-bond acceptors (Lipinski definition) is 1. The van der Waals surface area contributed by atoms with Gasteiger partial charge in [-0.05, 0) is 86.7 Å². The molecule has 6 aromatic rings. The molecule has 2 atom stereocenters. The topological polar surface area (TPSA) is 12.0 Å². The summed E-state index contributed by atoms with van der Waals surface area (Å²) in [5.41, 5.74) is 15.1. The van der Waals surface area contributed by atoms with Crippen molar-refractivity contribution in [2.24, 2.45) is 0 Å². The van der Waals surface area contributed by atoms with Crippen molar-refractivity contribution in [2.75, 3.05) is 5.32 Å². The highest BCUT2D eigenvalue weighted by molar-refractivity contribution is 5.86. The molecule has 1 heteroatoms. The molecule has 1 N–H and O–H groups in total. The summed E-state index contributed by atoms with van der Waals surface area (Å²) in [6.07, 6.45) is 17.9. The van der Waals surface area contributed by atoms with Gasteiger partial charge in [-0.3, -0.25) is 0 Å². The van der Waals surface area contributed by atoms with Crippen molar-refractivity contribution >= 4 is 5.69 Å². The standard InChI is InChI=1S/C49H39N/c1-4-14-35(15-5-1)38-32-39(36-16-6-2-7-17-36)34-40(33-38)37-24-28-43(29-25-37)50-44-30-26-42(27-31-44)49(41-18-8-3-9-19-41)47-22-12-10-20-45(47)46-21-11-13-23-48(46)49/h1-16,18-24,26-34,36-37,50H,17,25H2. The van der Waals surface area contributed by atoms with Gasteiger partial charge < -0.3 is 5.32 Å². The van der Waals surface area contributed by atoms with E-state index in [1.165, 1.54) is 55.6 Å². The number of fused-ring (bicyclic) bond motifs is 3. The molecule has 0 saturated carbocycles. The Kier molecular flexibility index (Phi) is 7.75. The minimum Gasteiger partial charge on any atom is -0.356 e. The minimum absolute atomic E-state index is 0.335. The number of anilines is 1. The van der Waals surface area contributed by atoms with E-state index in [1.54, 1.807) is 0 Å². The first-order valence-electron chi connectivity index (χ1n) is 17.8. The van der Waals surface area contributed by atoms with Crippen molar-refractivity contribution in [2.45, 2.75) is 30.1 Å². The van der Waals surface area contributed by atoms with Crippen LogP contribution in [-0.4, -0.2) is 0 Å². The monoisotopic (exact) mass is 641 g/mol. The Hall–Kier alpha value is -5.92. The maximum atomic E-state index is 3.72. The van der Waals surface area contributed by atoms with Gasteiger partial charge in [0.1, 0.15) is 0 Å². The second kappa shape index (κ2) is 12.8. The van der Waals surface area contributed by atoms with E-state index >= 15 is 0 Å². The van der Waals surface area contributed by atoms with Crippen LogP contribution in [0.3, 0.4) is 0 Å². The maximum absolute atomic E-state index is 3.72. The minimum atomic E-state index is -0.374.